The van der Waals surface area contributed by atoms with E-state index in [1.165, 1.54) is 25.7 Å². The molecule has 3 fully saturated rings. The zero-order chi connectivity index (χ0) is 23.2. The van der Waals surface area contributed by atoms with E-state index in [0.29, 0.717) is 30.7 Å². The highest BCUT2D eigenvalue weighted by atomic mass is 16.6. The third-order valence-corrected chi connectivity index (χ3v) is 7.54. The van der Waals surface area contributed by atoms with Crippen molar-refractivity contribution >= 4 is 11.9 Å². The van der Waals surface area contributed by atoms with Gasteiger partial charge in [-0.1, -0.05) is 75.8 Å². The molecule has 1 unspecified atom stereocenters. The van der Waals surface area contributed by atoms with Crippen LogP contribution in [0.4, 0.5) is 0 Å². The van der Waals surface area contributed by atoms with E-state index in [1.54, 1.807) is 0 Å². The predicted octanol–water partition coefficient (Wildman–Crippen LogP) is 4.61. The molecule has 6 heteroatoms. The number of morpholine rings is 1. The molecule has 0 aromatic heterocycles. The molecule has 4 rings (SSSR count). The Hall–Kier alpha value is -1.92. The lowest BCUT2D eigenvalue weighted by molar-refractivity contribution is -0.159. The van der Waals surface area contributed by atoms with Gasteiger partial charge >= 0.3 is 11.9 Å². The molecule has 3 saturated heterocycles. The standard InChI is InChI=1S/C27H39NO5/c1-3-4-5-6-7-8-12-15-24(29)31-18-21(19-13-10-9-11-14-19)27(30)32-20-16-22-25-26(33-25)23(17-20)28(22)2/h9-11,13-14,20-23,25-26H,3-8,12,15-18H2,1-2H3/t20?,21-,22-,23+,25-,26+/m1/s1. The summed E-state index contributed by atoms with van der Waals surface area (Å²) in [5.41, 5.74) is 0.827. The highest BCUT2D eigenvalue weighted by Gasteiger charge is 2.62. The topological polar surface area (TPSA) is 68.4 Å². The average molecular weight is 458 g/mol. The summed E-state index contributed by atoms with van der Waals surface area (Å²) in [6.45, 7) is 2.25. The first-order valence-electron chi connectivity index (χ1n) is 12.9. The summed E-state index contributed by atoms with van der Waals surface area (Å²) in [6, 6.07) is 10.2. The van der Waals surface area contributed by atoms with Gasteiger partial charge in [0.15, 0.2) is 0 Å². The first-order valence-corrected chi connectivity index (χ1v) is 12.9. The number of epoxide rings is 1. The lowest BCUT2D eigenvalue weighted by Crippen LogP contribution is -2.48. The number of carbonyl (C=O) groups is 2. The van der Waals surface area contributed by atoms with Crippen molar-refractivity contribution in [1.82, 2.24) is 4.90 Å². The number of hydrogen-bond donors (Lipinski definition) is 0. The van der Waals surface area contributed by atoms with Gasteiger partial charge in [-0.15, -0.1) is 0 Å². The highest BCUT2D eigenvalue weighted by molar-refractivity contribution is 5.79. The maximum atomic E-state index is 13.2. The smallest absolute Gasteiger partial charge is 0.317 e. The van der Waals surface area contributed by atoms with Crippen LogP contribution in [0.3, 0.4) is 0 Å². The first-order chi connectivity index (χ1) is 16.1. The van der Waals surface area contributed by atoms with Crippen molar-refractivity contribution in [3.05, 3.63) is 35.9 Å². The van der Waals surface area contributed by atoms with Crippen LogP contribution in [0.5, 0.6) is 0 Å². The van der Waals surface area contributed by atoms with E-state index in [0.717, 1.165) is 37.7 Å². The van der Waals surface area contributed by atoms with Gasteiger partial charge < -0.3 is 14.2 Å². The number of benzene rings is 1. The number of rotatable bonds is 13. The number of fused-ring (bicyclic) bond motifs is 5. The Morgan fingerprint density at radius 3 is 2.30 bits per heavy atom. The second-order valence-electron chi connectivity index (χ2n) is 9.91. The minimum atomic E-state index is -0.590. The van der Waals surface area contributed by atoms with Crippen LogP contribution < -0.4 is 0 Å². The number of ether oxygens (including phenoxy) is 3. The number of hydrogen-bond acceptors (Lipinski definition) is 6. The third-order valence-electron chi connectivity index (χ3n) is 7.54. The Kier molecular flexibility index (Phi) is 8.42. The summed E-state index contributed by atoms with van der Waals surface area (Å²) >= 11 is 0. The monoisotopic (exact) mass is 457 g/mol. The SMILES string of the molecule is CCCCCCCCCC(=O)OC[C@@H](C(=O)OC1C[C@@H]2[C@H]3O[C@H]3[C@H](C1)N2C)c1ccccc1. The average Bonchev–Trinajstić information content (AvgIpc) is 3.58. The van der Waals surface area contributed by atoms with E-state index in [2.05, 4.69) is 18.9 Å². The molecule has 33 heavy (non-hydrogen) atoms. The number of nitrogens with zero attached hydrogens (tertiary/aromatic N) is 1. The van der Waals surface area contributed by atoms with Gasteiger partial charge in [-0.25, -0.2) is 0 Å². The number of piperidine rings is 1. The molecular formula is C27H39NO5. The van der Waals surface area contributed by atoms with Crippen molar-refractivity contribution < 1.29 is 23.8 Å². The van der Waals surface area contributed by atoms with Crippen LogP contribution in [0.15, 0.2) is 30.3 Å². The van der Waals surface area contributed by atoms with Crippen molar-refractivity contribution in [2.24, 2.45) is 0 Å². The van der Waals surface area contributed by atoms with Gasteiger partial charge in [0.05, 0.1) is 0 Å². The Balaban J connectivity index is 1.24. The van der Waals surface area contributed by atoms with Gasteiger partial charge in [0, 0.05) is 31.3 Å². The Morgan fingerprint density at radius 1 is 1.00 bits per heavy atom. The van der Waals surface area contributed by atoms with Crippen LogP contribution in [0, 0.1) is 0 Å². The van der Waals surface area contributed by atoms with E-state index < -0.39 is 5.92 Å². The van der Waals surface area contributed by atoms with Crippen molar-refractivity contribution in [2.45, 2.75) is 107 Å². The van der Waals surface area contributed by atoms with E-state index in [-0.39, 0.29) is 24.6 Å². The molecule has 1 aromatic carbocycles. The van der Waals surface area contributed by atoms with Crippen LogP contribution in [0.2, 0.25) is 0 Å². The molecule has 0 spiro atoms. The molecular weight excluding hydrogens is 418 g/mol. The fourth-order valence-corrected chi connectivity index (χ4v) is 5.50. The highest BCUT2D eigenvalue weighted by Crippen LogP contribution is 2.48. The summed E-state index contributed by atoms with van der Waals surface area (Å²) in [5.74, 6) is -1.12. The molecule has 0 saturated carbocycles. The van der Waals surface area contributed by atoms with Gasteiger partial charge in [0.1, 0.15) is 30.8 Å². The van der Waals surface area contributed by atoms with Crippen LogP contribution in [-0.2, 0) is 23.8 Å². The summed E-state index contributed by atoms with van der Waals surface area (Å²) in [4.78, 5) is 27.8. The molecule has 3 aliphatic heterocycles. The second kappa shape index (κ2) is 11.5. The fraction of sp³-hybridized carbons (Fsp3) is 0.704. The summed E-state index contributed by atoms with van der Waals surface area (Å²) in [5, 5.41) is 0. The Labute approximate surface area is 198 Å². The summed E-state index contributed by atoms with van der Waals surface area (Å²) in [7, 11) is 2.14. The molecule has 1 aromatic rings. The van der Waals surface area contributed by atoms with E-state index in [4.69, 9.17) is 14.2 Å². The van der Waals surface area contributed by atoms with Gasteiger partial charge in [-0.05, 0) is 19.0 Å². The molecule has 6 nitrogen and oxygen atoms in total. The zero-order valence-electron chi connectivity index (χ0n) is 20.1. The Bertz CT molecular complexity index is 766. The molecule has 0 radical (unpaired) electrons. The van der Waals surface area contributed by atoms with Crippen LogP contribution >= 0.6 is 0 Å². The van der Waals surface area contributed by atoms with E-state index in [9.17, 15) is 9.59 Å². The fourth-order valence-electron chi connectivity index (χ4n) is 5.50. The predicted molar refractivity (Wildman–Crippen MR) is 126 cm³/mol. The minimum Gasteiger partial charge on any atom is -0.464 e. The summed E-state index contributed by atoms with van der Waals surface area (Å²) in [6.07, 6.45) is 10.6. The van der Waals surface area contributed by atoms with Gasteiger partial charge in [0.25, 0.3) is 0 Å². The second-order valence-corrected chi connectivity index (χ2v) is 9.91. The van der Waals surface area contributed by atoms with Crippen LogP contribution in [0.1, 0.15) is 82.6 Å². The molecule has 182 valence electrons. The molecule has 6 atom stereocenters. The van der Waals surface area contributed by atoms with Gasteiger partial charge in [-0.2, -0.15) is 0 Å². The molecule has 0 N–H and O–H groups in total. The molecule has 3 aliphatic rings. The van der Waals surface area contributed by atoms with Crippen LogP contribution in [-0.4, -0.2) is 60.9 Å². The maximum Gasteiger partial charge on any atom is 0.317 e. The zero-order valence-corrected chi connectivity index (χ0v) is 20.1. The normalized spacial score (nSPS) is 28.7. The van der Waals surface area contributed by atoms with Crippen molar-refractivity contribution in [3.63, 3.8) is 0 Å². The van der Waals surface area contributed by atoms with Crippen LogP contribution in [0.25, 0.3) is 0 Å². The van der Waals surface area contributed by atoms with E-state index in [1.807, 2.05) is 30.3 Å². The molecule has 0 aliphatic carbocycles. The van der Waals surface area contributed by atoms with E-state index >= 15 is 0 Å². The minimum absolute atomic E-state index is 0.0338. The molecule has 2 bridgehead atoms. The van der Waals surface area contributed by atoms with Gasteiger partial charge in [0.2, 0.25) is 0 Å². The lowest BCUT2D eigenvalue weighted by Gasteiger charge is -2.38. The summed E-state index contributed by atoms with van der Waals surface area (Å²) < 4.78 is 17.3. The number of carbonyl (C=O) groups excluding carboxylic acids is 2. The maximum absolute atomic E-state index is 13.2. The van der Waals surface area contributed by atoms with Crippen molar-refractivity contribution in [3.8, 4) is 0 Å². The third kappa shape index (κ3) is 6.15. The Morgan fingerprint density at radius 2 is 1.64 bits per heavy atom. The molecule has 3 heterocycles. The molecule has 0 amide bonds. The van der Waals surface area contributed by atoms with Crippen molar-refractivity contribution in [1.29, 1.82) is 0 Å². The number of esters is 2. The van der Waals surface area contributed by atoms with Crippen molar-refractivity contribution in [2.75, 3.05) is 13.7 Å². The number of likely N-dealkylation sites (N-methyl/N-ethyl adjacent to an activating group) is 1. The first kappa shape index (κ1) is 24.2. The van der Waals surface area contributed by atoms with Gasteiger partial charge in [-0.3, -0.25) is 14.5 Å². The largest absolute Gasteiger partial charge is 0.464 e. The quantitative estimate of drug-likeness (QED) is 0.245. The lowest BCUT2D eigenvalue weighted by atomic mass is 9.97. The number of unbranched alkanes of at least 4 members (excludes halogenated alkanes) is 6.